The van der Waals surface area contributed by atoms with E-state index in [4.69, 9.17) is 0 Å². The molecule has 76 valence electrons. The summed E-state index contributed by atoms with van der Waals surface area (Å²) in [6, 6.07) is 0. The molecule has 0 aliphatic heterocycles. The average molecular weight is 194 g/mol. The molecule has 0 saturated heterocycles. The van der Waals surface area contributed by atoms with Crippen LogP contribution in [0.25, 0.3) is 0 Å². The van der Waals surface area contributed by atoms with Crippen molar-refractivity contribution < 1.29 is 23.0 Å². The van der Waals surface area contributed by atoms with Crippen LogP contribution in [0.15, 0.2) is 12.7 Å². The number of carbonyl (C=O) groups is 1. The van der Waals surface area contributed by atoms with E-state index in [-0.39, 0.29) is 13.2 Å². The first-order valence-corrected chi connectivity index (χ1v) is 3.78. The van der Waals surface area contributed by atoms with Crippen LogP contribution in [0.4, 0.5) is 8.78 Å². The number of ether oxygens (including phenoxy) is 2. The maximum Gasteiger partial charge on any atom is 0.379 e. The molecule has 5 heteroatoms. The lowest BCUT2D eigenvalue weighted by molar-refractivity contribution is -0.179. The average Bonchev–Trinajstić information content (AvgIpc) is 2.05. The number of alkyl halides is 2. The van der Waals surface area contributed by atoms with Crippen LogP contribution >= 0.6 is 0 Å². The SMILES string of the molecule is C=CCOCC(F)(F)C(=O)OCC. The van der Waals surface area contributed by atoms with Gasteiger partial charge in [-0.25, -0.2) is 4.79 Å². The summed E-state index contributed by atoms with van der Waals surface area (Å²) >= 11 is 0. The molecule has 0 heterocycles. The minimum absolute atomic E-state index is 0.0189. The molecule has 0 bridgehead atoms. The molecule has 0 aromatic carbocycles. The second kappa shape index (κ2) is 5.64. The highest BCUT2D eigenvalue weighted by molar-refractivity contribution is 5.77. The molecule has 0 aromatic heterocycles. The van der Waals surface area contributed by atoms with E-state index < -0.39 is 18.5 Å². The molecule has 0 atom stereocenters. The summed E-state index contributed by atoms with van der Waals surface area (Å²) in [5.74, 6) is -5.13. The van der Waals surface area contributed by atoms with Crippen molar-refractivity contribution >= 4 is 5.97 Å². The molecule has 0 spiro atoms. The van der Waals surface area contributed by atoms with Gasteiger partial charge in [0.2, 0.25) is 0 Å². The van der Waals surface area contributed by atoms with Crippen LogP contribution in [0.1, 0.15) is 6.92 Å². The molecule has 0 rings (SSSR count). The Morgan fingerprint density at radius 1 is 1.62 bits per heavy atom. The van der Waals surface area contributed by atoms with Crippen LogP contribution in [0.5, 0.6) is 0 Å². The normalized spacial score (nSPS) is 11.0. The number of halogens is 2. The van der Waals surface area contributed by atoms with Gasteiger partial charge in [-0.05, 0) is 6.92 Å². The monoisotopic (exact) mass is 194 g/mol. The fraction of sp³-hybridized carbons (Fsp3) is 0.625. The maximum atomic E-state index is 12.7. The quantitative estimate of drug-likeness (QED) is 0.364. The van der Waals surface area contributed by atoms with E-state index >= 15 is 0 Å². The number of rotatable bonds is 6. The zero-order chi connectivity index (χ0) is 10.3. The molecule has 0 saturated carbocycles. The van der Waals surface area contributed by atoms with E-state index in [1.54, 1.807) is 0 Å². The first-order valence-electron chi connectivity index (χ1n) is 3.78. The van der Waals surface area contributed by atoms with Crippen molar-refractivity contribution in [1.82, 2.24) is 0 Å². The Bertz CT molecular complexity index is 180. The van der Waals surface area contributed by atoms with Crippen LogP contribution in [0.2, 0.25) is 0 Å². The minimum atomic E-state index is -3.57. The molecule has 0 aliphatic carbocycles. The summed E-state index contributed by atoms with van der Waals surface area (Å²) < 4.78 is 34.0. The lowest BCUT2D eigenvalue weighted by Crippen LogP contribution is -2.35. The summed E-state index contributed by atoms with van der Waals surface area (Å²) in [6.45, 7) is 3.67. The van der Waals surface area contributed by atoms with Crippen LogP contribution in [-0.4, -0.2) is 31.7 Å². The van der Waals surface area contributed by atoms with Crippen molar-refractivity contribution in [2.75, 3.05) is 19.8 Å². The maximum absolute atomic E-state index is 12.7. The molecule has 0 amide bonds. The van der Waals surface area contributed by atoms with Crippen LogP contribution in [-0.2, 0) is 14.3 Å². The number of hydrogen-bond donors (Lipinski definition) is 0. The fourth-order valence-electron chi connectivity index (χ4n) is 0.566. The first kappa shape index (κ1) is 12.0. The van der Waals surface area contributed by atoms with E-state index in [0.29, 0.717) is 0 Å². The second-order valence-corrected chi connectivity index (χ2v) is 2.23. The summed E-state index contributed by atoms with van der Waals surface area (Å²) in [7, 11) is 0. The van der Waals surface area contributed by atoms with E-state index in [1.165, 1.54) is 13.0 Å². The third kappa shape index (κ3) is 4.57. The lowest BCUT2D eigenvalue weighted by atomic mass is 10.4. The Morgan fingerprint density at radius 3 is 2.69 bits per heavy atom. The van der Waals surface area contributed by atoms with Gasteiger partial charge in [-0.1, -0.05) is 6.08 Å². The Kier molecular flexibility index (Phi) is 5.22. The number of esters is 1. The van der Waals surface area contributed by atoms with Gasteiger partial charge in [-0.15, -0.1) is 6.58 Å². The van der Waals surface area contributed by atoms with Gasteiger partial charge in [-0.3, -0.25) is 0 Å². The fourth-order valence-corrected chi connectivity index (χ4v) is 0.566. The van der Waals surface area contributed by atoms with Crippen molar-refractivity contribution in [1.29, 1.82) is 0 Å². The van der Waals surface area contributed by atoms with Gasteiger partial charge < -0.3 is 9.47 Å². The lowest BCUT2D eigenvalue weighted by Gasteiger charge is -2.13. The van der Waals surface area contributed by atoms with Gasteiger partial charge in [0.1, 0.15) is 6.61 Å². The second-order valence-electron chi connectivity index (χ2n) is 2.23. The van der Waals surface area contributed by atoms with Gasteiger partial charge in [0.25, 0.3) is 0 Å². The topological polar surface area (TPSA) is 35.5 Å². The number of hydrogen-bond acceptors (Lipinski definition) is 3. The van der Waals surface area contributed by atoms with Crippen molar-refractivity contribution in [2.45, 2.75) is 12.8 Å². The Morgan fingerprint density at radius 2 is 2.23 bits per heavy atom. The highest BCUT2D eigenvalue weighted by Gasteiger charge is 2.40. The van der Waals surface area contributed by atoms with E-state index in [1.807, 2.05) is 0 Å². The van der Waals surface area contributed by atoms with Crippen molar-refractivity contribution in [3.05, 3.63) is 12.7 Å². The molecular formula is C8H12F2O3. The Hall–Kier alpha value is -0.970. The summed E-state index contributed by atoms with van der Waals surface area (Å²) in [5, 5.41) is 0. The van der Waals surface area contributed by atoms with E-state index in [9.17, 15) is 13.6 Å². The van der Waals surface area contributed by atoms with Crippen molar-refractivity contribution in [2.24, 2.45) is 0 Å². The smallest absolute Gasteiger partial charge is 0.379 e. The van der Waals surface area contributed by atoms with Gasteiger partial charge >= 0.3 is 11.9 Å². The zero-order valence-electron chi connectivity index (χ0n) is 7.39. The highest BCUT2D eigenvalue weighted by atomic mass is 19.3. The predicted octanol–water partition coefficient (Wildman–Crippen LogP) is 1.39. The molecule has 0 unspecified atom stereocenters. The molecule has 13 heavy (non-hydrogen) atoms. The standard InChI is InChI=1S/C8H12F2O3/c1-3-5-12-6-8(9,10)7(11)13-4-2/h3H,1,4-6H2,2H3. The zero-order valence-corrected chi connectivity index (χ0v) is 7.39. The molecular weight excluding hydrogens is 182 g/mol. The van der Waals surface area contributed by atoms with E-state index in [2.05, 4.69) is 16.1 Å². The number of carbonyl (C=O) groups excluding carboxylic acids is 1. The Labute approximate surface area is 75.3 Å². The van der Waals surface area contributed by atoms with Crippen molar-refractivity contribution in [3.8, 4) is 0 Å². The molecule has 0 radical (unpaired) electrons. The van der Waals surface area contributed by atoms with Gasteiger partial charge in [-0.2, -0.15) is 8.78 Å². The highest BCUT2D eigenvalue weighted by Crippen LogP contribution is 2.15. The summed E-state index contributed by atoms with van der Waals surface area (Å²) in [6.07, 6.45) is 1.32. The Balaban J connectivity index is 3.90. The molecule has 0 N–H and O–H groups in total. The third-order valence-corrected chi connectivity index (χ3v) is 1.09. The third-order valence-electron chi connectivity index (χ3n) is 1.09. The van der Waals surface area contributed by atoms with Gasteiger partial charge in [0.15, 0.2) is 0 Å². The molecule has 3 nitrogen and oxygen atoms in total. The molecule has 0 fully saturated rings. The van der Waals surface area contributed by atoms with Crippen LogP contribution in [0.3, 0.4) is 0 Å². The largest absolute Gasteiger partial charge is 0.461 e. The van der Waals surface area contributed by atoms with Crippen LogP contribution < -0.4 is 0 Å². The van der Waals surface area contributed by atoms with Gasteiger partial charge in [0.05, 0.1) is 13.2 Å². The van der Waals surface area contributed by atoms with Gasteiger partial charge in [0, 0.05) is 0 Å². The summed E-state index contributed by atoms with van der Waals surface area (Å²) in [5.41, 5.74) is 0. The van der Waals surface area contributed by atoms with E-state index in [0.717, 1.165) is 0 Å². The molecule has 0 aromatic rings. The molecule has 0 aliphatic rings. The summed E-state index contributed by atoms with van der Waals surface area (Å²) in [4.78, 5) is 10.6. The predicted molar refractivity (Wildman–Crippen MR) is 42.6 cm³/mol. The van der Waals surface area contributed by atoms with Crippen LogP contribution in [0, 0.1) is 0 Å². The first-order chi connectivity index (χ1) is 6.04. The minimum Gasteiger partial charge on any atom is -0.461 e. The van der Waals surface area contributed by atoms with Crippen molar-refractivity contribution in [3.63, 3.8) is 0 Å².